The van der Waals surface area contributed by atoms with Crippen molar-refractivity contribution in [2.75, 3.05) is 0 Å². The first-order chi connectivity index (χ1) is 2.00. The summed E-state index contributed by atoms with van der Waals surface area (Å²) in [5, 5.41) is 0. The molecule has 0 rings (SSSR count). The molecule has 0 radical (unpaired) electrons. The fourth-order valence-electron chi connectivity index (χ4n) is 0. The van der Waals surface area contributed by atoms with Crippen LogP contribution in [0.3, 0.4) is 0 Å². The van der Waals surface area contributed by atoms with E-state index in [1.54, 1.807) is 0 Å². The van der Waals surface area contributed by atoms with Crippen LogP contribution in [0.15, 0.2) is 0 Å². The van der Waals surface area contributed by atoms with Crippen LogP contribution in [0, 0.1) is 0 Å². The first-order valence-electron chi connectivity index (χ1n) is 0.783. The Morgan fingerprint density at radius 3 is 1.25 bits per heavy atom. The van der Waals surface area contributed by atoms with Gasteiger partial charge in [0.1, 0.15) is 0 Å². The van der Waals surface area contributed by atoms with Gasteiger partial charge in [-0.3, -0.25) is 0 Å². The van der Waals surface area contributed by atoms with Crippen molar-refractivity contribution in [1.82, 2.24) is 6.15 Å². The summed E-state index contributed by atoms with van der Waals surface area (Å²) < 4.78 is 8.88. The van der Waals surface area contributed by atoms with Crippen molar-refractivity contribution in [3.63, 3.8) is 0 Å². The number of hydrogen-bond donors (Lipinski definition) is 4. The maximum Gasteiger partial charge on any atom is 2.00 e. The van der Waals surface area contributed by atoms with Crippen LogP contribution in [0.25, 0.3) is 0 Å². The van der Waals surface area contributed by atoms with E-state index in [1.807, 2.05) is 0 Å². The molecule has 0 aromatic heterocycles. The second-order valence-corrected chi connectivity index (χ2v) is 1.54. The second kappa shape index (κ2) is 8.05. The van der Waals surface area contributed by atoms with Crippen molar-refractivity contribution < 1.29 is 22.1 Å². The molecular weight excluding hydrogens is 161 g/mol. The Morgan fingerprint density at radius 2 is 1.25 bits per heavy atom. The Bertz CT molecular complexity index is 69.4. The summed E-state index contributed by atoms with van der Waals surface area (Å²) in [5.74, 6) is 0. The van der Waals surface area contributed by atoms with Crippen molar-refractivity contribution in [1.29, 1.82) is 0 Å². The fourth-order valence-corrected chi connectivity index (χ4v) is 0. The molecule has 0 unspecified atom stereocenters. The van der Waals surface area contributed by atoms with Crippen LogP contribution < -0.4 is 6.15 Å². The van der Waals surface area contributed by atoms with E-state index in [0.717, 1.165) is 0 Å². The van der Waals surface area contributed by atoms with Gasteiger partial charge in [-0.1, -0.05) is 0 Å². The van der Waals surface area contributed by atoms with Gasteiger partial charge in [0.15, 0.2) is 0 Å². The molecule has 8 heteroatoms. The average molecular weight is 173 g/mol. The monoisotopic (exact) mass is 173 g/mol. The molecular formula is H12MgNO4PSi. The predicted molar refractivity (Wildman–Crippen MR) is 38.6 cm³/mol. The van der Waals surface area contributed by atoms with Gasteiger partial charge in [-0.25, -0.2) is 4.57 Å². The molecule has 52 valence electrons. The summed E-state index contributed by atoms with van der Waals surface area (Å²) in [6, 6.07) is 0. The zero-order chi connectivity index (χ0) is 4.50. The molecule has 0 spiro atoms. The molecule has 8 heavy (non-hydrogen) atoms. The molecule has 0 saturated carbocycles. The van der Waals surface area contributed by atoms with Gasteiger partial charge < -0.3 is 23.7 Å². The minimum Gasteiger partial charge on any atom is -1.00 e. The number of phosphoric acid groups is 1. The van der Waals surface area contributed by atoms with Crippen molar-refractivity contribution in [2.24, 2.45) is 0 Å². The molecule has 6 N–H and O–H groups in total. The SMILES string of the molecule is N.O=P(O)(O)O.[H-].[H-].[Mg+2].[SiH4]. The topological polar surface area (TPSA) is 113 Å². The fraction of sp³-hybridized carbons (Fsp3) is 0. The maximum absolute atomic E-state index is 8.88. The van der Waals surface area contributed by atoms with Crippen LogP contribution in [0.5, 0.6) is 0 Å². The van der Waals surface area contributed by atoms with Gasteiger partial charge in [0.05, 0.1) is 0 Å². The van der Waals surface area contributed by atoms with E-state index in [1.165, 1.54) is 0 Å². The van der Waals surface area contributed by atoms with Crippen molar-refractivity contribution in [3.8, 4) is 0 Å². The molecule has 0 amide bonds. The normalized spacial score (nSPS) is 7.38. The molecule has 0 fully saturated rings. The Kier molecular flexibility index (Phi) is 23.1. The molecule has 0 aromatic carbocycles. The second-order valence-electron chi connectivity index (χ2n) is 0.513. The molecule has 5 nitrogen and oxygen atoms in total. The molecule has 0 aliphatic heterocycles. The van der Waals surface area contributed by atoms with Crippen LogP contribution in [0.4, 0.5) is 0 Å². The first kappa shape index (κ1) is 23.0. The van der Waals surface area contributed by atoms with E-state index in [-0.39, 0.29) is 43.0 Å². The van der Waals surface area contributed by atoms with Gasteiger partial charge >= 0.3 is 30.9 Å². The van der Waals surface area contributed by atoms with E-state index < -0.39 is 7.82 Å². The third-order valence-electron chi connectivity index (χ3n) is 0. The summed E-state index contributed by atoms with van der Waals surface area (Å²) in [5.41, 5.74) is 0. The minimum absolute atomic E-state index is 0. The summed E-state index contributed by atoms with van der Waals surface area (Å²) in [6.45, 7) is 0. The Morgan fingerprint density at radius 1 is 1.25 bits per heavy atom. The molecule has 0 atom stereocenters. The summed E-state index contributed by atoms with van der Waals surface area (Å²) in [7, 11) is -4.64. The van der Waals surface area contributed by atoms with Crippen LogP contribution in [0.2, 0.25) is 0 Å². The van der Waals surface area contributed by atoms with Crippen molar-refractivity contribution in [3.05, 3.63) is 0 Å². The smallest absolute Gasteiger partial charge is 1.00 e. The molecule has 0 bridgehead atoms. The Labute approximate surface area is 70.5 Å². The van der Waals surface area contributed by atoms with E-state index in [2.05, 4.69) is 0 Å². The third kappa shape index (κ3) is 233. The zero-order valence-electron chi connectivity index (χ0n) is 5.61. The van der Waals surface area contributed by atoms with E-state index in [0.29, 0.717) is 0 Å². The Hall–Kier alpha value is 1.05. The summed E-state index contributed by atoms with van der Waals surface area (Å²) in [4.78, 5) is 21.6. The minimum atomic E-state index is -4.64. The van der Waals surface area contributed by atoms with Gasteiger partial charge in [-0.05, 0) is 11.0 Å². The quantitative estimate of drug-likeness (QED) is 0.241. The van der Waals surface area contributed by atoms with E-state index >= 15 is 0 Å². The van der Waals surface area contributed by atoms with Crippen molar-refractivity contribution >= 4 is 41.8 Å². The first-order valence-corrected chi connectivity index (χ1v) is 2.35. The summed E-state index contributed by atoms with van der Waals surface area (Å²) in [6.07, 6.45) is 0. The number of rotatable bonds is 0. The van der Waals surface area contributed by atoms with Gasteiger partial charge in [0.25, 0.3) is 0 Å². The Balaban J connectivity index is -0.00000000800. The largest absolute Gasteiger partial charge is 2.00 e. The molecule has 0 aliphatic rings. The van der Waals surface area contributed by atoms with Crippen LogP contribution in [-0.2, 0) is 4.57 Å². The molecule has 0 aliphatic carbocycles. The van der Waals surface area contributed by atoms with Crippen LogP contribution >= 0.6 is 7.82 Å². The standard InChI is InChI=1S/Mg.H3N.H3O4P.H4Si.2H/c;;1-5(2,3)4;;;/h;1H3;(H3,1,2,3,4);1H4;;/q+2;;;;2*-1. The molecule has 0 aromatic rings. The summed E-state index contributed by atoms with van der Waals surface area (Å²) >= 11 is 0. The molecule has 0 heterocycles. The van der Waals surface area contributed by atoms with E-state index in [9.17, 15) is 0 Å². The van der Waals surface area contributed by atoms with Gasteiger partial charge in [-0.15, -0.1) is 0 Å². The van der Waals surface area contributed by atoms with Gasteiger partial charge in [-0.2, -0.15) is 0 Å². The maximum atomic E-state index is 8.88. The van der Waals surface area contributed by atoms with Crippen molar-refractivity contribution in [2.45, 2.75) is 0 Å². The average Bonchev–Trinajstić information content (AvgIpc) is 0.722. The van der Waals surface area contributed by atoms with Gasteiger partial charge in [0.2, 0.25) is 0 Å². The number of hydrogen-bond acceptors (Lipinski definition) is 2. The van der Waals surface area contributed by atoms with Crippen LogP contribution in [-0.4, -0.2) is 48.7 Å². The molecule has 0 saturated heterocycles. The third-order valence-corrected chi connectivity index (χ3v) is 0. The van der Waals surface area contributed by atoms with Gasteiger partial charge in [0, 0.05) is 0 Å². The van der Waals surface area contributed by atoms with Crippen LogP contribution in [0.1, 0.15) is 2.85 Å². The predicted octanol–water partition coefficient (Wildman–Crippen LogP) is -2.37. The zero-order valence-corrected chi connectivity index (χ0v) is 5.92. The van der Waals surface area contributed by atoms with E-state index in [4.69, 9.17) is 19.2 Å².